The van der Waals surface area contributed by atoms with E-state index in [1.165, 1.54) is 24.2 Å². The molecule has 0 aliphatic heterocycles. The minimum Gasteiger partial charge on any atom is -0.485 e. The van der Waals surface area contributed by atoms with E-state index in [4.69, 9.17) is 27.9 Å². The van der Waals surface area contributed by atoms with E-state index in [9.17, 15) is 9.59 Å². The van der Waals surface area contributed by atoms with E-state index in [1.807, 2.05) is 29.7 Å². The molecule has 2 heterocycles. The zero-order valence-corrected chi connectivity index (χ0v) is 26.4. The number of nitrogens with zero attached hydrogens (tertiary/aromatic N) is 3. The number of nitrogens with one attached hydrogen (secondary N) is 2. The molecule has 8 nitrogen and oxygen atoms in total. The van der Waals surface area contributed by atoms with Crippen molar-refractivity contribution >= 4 is 87.1 Å². The van der Waals surface area contributed by atoms with Gasteiger partial charge < -0.3 is 20.3 Å². The molecule has 214 valence electrons. The highest BCUT2D eigenvalue weighted by Gasteiger charge is 2.20. The Morgan fingerprint density at radius 3 is 2.59 bits per heavy atom. The Balaban J connectivity index is 0.00000267. The lowest BCUT2D eigenvalue weighted by Crippen LogP contribution is -2.44. The zero-order chi connectivity index (χ0) is 26.5. The molecule has 2 N–H and O–H groups in total. The Bertz CT molecular complexity index is 1300. The number of benzene rings is 1. The van der Waals surface area contributed by atoms with Crippen molar-refractivity contribution in [2.45, 2.75) is 51.7 Å². The first kappa shape index (κ1) is 33.5. The lowest BCUT2D eigenvalue weighted by molar-refractivity contribution is -0.124. The van der Waals surface area contributed by atoms with E-state index in [2.05, 4.69) is 31.5 Å². The first-order valence-electron chi connectivity index (χ1n) is 12.3. The number of halogens is 5. The predicted octanol–water partition coefficient (Wildman–Crippen LogP) is 6.14. The van der Waals surface area contributed by atoms with Crippen molar-refractivity contribution in [3.05, 3.63) is 56.4 Å². The Morgan fingerprint density at radius 1 is 1.15 bits per heavy atom. The topological polar surface area (TPSA) is 88.0 Å². The van der Waals surface area contributed by atoms with Gasteiger partial charge in [0.25, 0.3) is 0 Å². The number of amides is 2. The molecular weight excluding hydrogens is 652 g/mol. The van der Waals surface area contributed by atoms with Gasteiger partial charge in [-0.05, 0) is 60.0 Å². The second-order valence-electron chi connectivity index (χ2n) is 9.15. The quantitative estimate of drug-likeness (QED) is 0.283. The zero-order valence-electron chi connectivity index (χ0n) is 21.6. The molecule has 0 radical (unpaired) electrons. The van der Waals surface area contributed by atoms with Gasteiger partial charge in [-0.15, -0.1) is 24.8 Å². The number of ether oxygens (including phenoxy) is 1. The molecule has 0 saturated heterocycles. The molecule has 0 unspecified atom stereocenters. The standard InChI is InChI=1S/C26H30BrCl2N5O3.2ClH/c1-16-25(27)34-12-6-9-21(26(34)32-16)37-15-18-19(28)10-11-20(24(18)29)33(2)23(36)14-31-22(35)13-30-17-7-4-3-5-8-17;;/h6,9-12,17,30H,3-5,7-8,13-15H2,1-2H3,(H,31,35);2*1H. The van der Waals surface area contributed by atoms with E-state index in [1.54, 1.807) is 19.2 Å². The number of pyridine rings is 1. The van der Waals surface area contributed by atoms with Crippen molar-refractivity contribution in [3.8, 4) is 5.75 Å². The highest BCUT2D eigenvalue weighted by atomic mass is 79.9. The van der Waals surface area contributed by atoms with E-state index in [0.29, 0.717) is 38.7 Å². The van der Waals surface area contributed by atoms with Crippen molar-refractivity contribution in [2.75, 3.05) is 25.0 Å². The number of imidazole rings is 1. The SMILES string of the molecule is Cc1nc2c(OCc3c(Cl)ccc(N(C)C(=O)CNC(=O)CNC4CCCCC4)c3Cl)cccn2c1Br.Cl.Cl. The van der Waals surface area contributed by atoms with Gasteiger partial charge in [0, 0.05) is 29.9 Å². The Labute approximate surface area is 259 Å². The normalized spacial score (nSPS) is 13.4. The summed E-state index contributed by atoms with van der Waals surface area (Å²) in [6.45, 7) is 2.05. The van der Waals surface area contributed by atoms with Gasteiger partial charge in [-0.3, -0.25) is 14.0 Å². The molecule has 0 atom stereocenters. The number of aryl methyl sites for hydroxylation is 1. The third kappa shape index (κ3) is 8.15. The number of rotatable bonds is 9. The summed E-state index contributed by atoms with van der Waals surface area (Å²) in [5.41, 5.74) is 2.52. The van der Waals surface area contributed by atoms with Crippen LogP contribution in [0.4, 0.5) is 5.69 Å². The molecule has 1 aliphatic carbocycles. The largest absolute Gasteiger partial charge is 0.485 e. The maximum absolute atomic E-state index is 12.8. The van der Waals surface area contributed by atoms with Gasteiger partial charge in [0.15, 0.2) is 11.4 Å². The van der Waals surface area contributed by atoms with Crippen LogP contribution in [0.3, 0.4) is 0 Å². The first-order chi connectivity index (χ1) is 17.8. The molecule has 2 aromatic heterocycles. The van der Waals surface area contributed by atoms with Crippen LogP contribution in [0.1, 0.15) is 43.4 Å². The molecule has 1 aromatic carbocycles. The molecule has 39 heavy (non-hydrogen) atoms. The van der Waals surface area contributed by atoms with Gasteiger partial charge in [0.05, 0.1) is 29.5 Å². The monoisotopic (exact) mass is 681 g/mol. The van der Waals surface area contributed by atoms with Crippen LogP contribution in [0, 0.1) is 6.92 Å². The van der Waals surface area contributed by atoms with Crippen LogP contribution < -0.4 is 20.3 Å². The maximum Gasteiger partial charge on any atom is 0.246 e. The summed E-state index contributed by atoms with van der Waals surface area (Å²) in [4.78, 5) is 31.0. The molecule has 1 saturated carbocycles. The number of anilines is 1. The van der Waals surface area contributed by atoms with Crippen molar-refractivity contribution in [2.24, 2.45) is 0 Å². The first-order valence-corrected chi connectivity index (χ1v) is 13.8. The average molecular weight is 684 g/mol. The average Bonchev–Trinajstić information content (AvgIpc) is 3.20. The lowest BCUT2D eigenvalue weighted by Gasteiger charge is -2.23. The van der Waals surface area contributed by atoms with Crippen molar-refractivity contribution < 1.29 is 14.3 Å². The van der Waals surface area contributed by atoms with Crippen molar-refractivity contribution in [1.82, 2.24) is 20.0 Å². The minimum atomic E-state index is -0.301. The van der Waals surface area contributed by atoms with E-state index in [-0.39, 0.29) is 56.3 Å². The number of likely N-dealkylation sites (N-methyl/N-ethyl adjacent to an activating group) is 1. The summed E-state index contributed by atoms with van der Waals surface area (Å²) in [5.74, 6) is 0.0612. The molecule has 1 fully saturated rings. The molecule has 1 aliphatic rings. The third-order valence-corrected chi connectivity index (χ3v) is 8.31. The molecule has 13 heteroatoms. The minimum absolute atomic E-state index is 0. The molecule has 2 amide bonds. The van der Waals surface area contributed by atoms with Gasteiger partial charge in [-0.2, -0.15) is 0 Å². The van der Waals surface area contributed by atoms with E-state index in [0.717, 1.165) is 23.1 Å². The molecule has 3 aromatic rings. The van der Waals surface area contributed by atoms with Gasteiger partial charge in [0.2, 0.25) is 11.8 Å². The van der Waals surface area contributed by atoms with E-state index >= 15 is 0 Å². The lowest BCUT2D eigenvalue weighted by atomic mass is 9.95. The van der Waals surface area contributed by atoms with Crippen LogP contribution in [0.15, 0.2) is 35.1 Å². The summed E-state index contributed by atoms with van der Waals surface area (Å²) in [7, 11) is 1.61. The number of carbonyl (C=O) groups is 2. The van der Waals surface area contributed by atoms with Crippen LogP contribution in [0.2, 0.25) is 10.0 Å². The second kappa shape index (κ2) is 15.3. The van der Waals surface area contributed by atoms with Crippen molar-refractivity contribution in [1.29, 1.82) is 0 Å². The highest BCUT2D eigenvalue weighted by Crippen LogP contribution is 2.35. The summed E-state index contributed by atoms with van der Waals surface area (Å²) < 4.78 is 8.78. The fourth-order valence-corrected chi connectivity index (χ4v) is 5.38. The van der Waals surface area contributed by atoms with Crippen LogP contribution in [0.5, 0.6) is 5.75 Å². The van der Waals surface area contributed by atoms with Gasteiger partial charge in [0.1, 0.15) is 11.2 Å². The van der Waals surface area contributed by atoms with Crippen LogP contribution in [-0.2, 0) is 16.2 Å². The smallest absolute Gasteiger partial charge is 0.246 e. The highest BCUT2D eigenvalue weighted by molar-refractivity contribution is 9.10. The summed E-state index contributed by atoms with van der Waals surface area (Å²) >= 11 is 16.6. The van der Waals surface area contributed by atoms with Crippen molar-refractivity contribution in [3.63, 3.8) is 0 Å². The number of hydrogen-bond donors (Lipinski definition) is 2. The van der Waals surface area contributed by atoms with Gasteiger partial charge >= 0.3 is 0 Å². The fourth-order valence-electron chi connectivity index (χ4n) is 4.40. The second-order valence-corrected chi connectivity index (χ2v) is 10.7. The molecule has 0 spiro atoms. The molecule has 0 bridgehead atoms. The summed E-state index contributed by atoms with van der Waals surface area (Å²) in [5, 5.41) is 6.69. The fraction of sp³-hybridized carbons (Fsp3) is 0.423. The summed E-state index contributed by atoms with van der Waals surface area (Å²) in [6.07, 6.45) is 7.69. The third-order valence-electron chi connectivity index (χ3n) is 6.58. The van der Waals surface area contributed by atoms with Crippen LogP contribution in [-0.4, -0.2) is 47.4 Å². The van der Waals surface area contributed by atoms with E-state index < -0.39 is 0 Å². The Kier molecular flexibility index (Phi) is 13.1. The Morgan fingerprint density at radius 2 is 1.87 bits per heavy atom. The Hall–Kier alpha value is -1.75. The number of carbonyl (C=O) groups excluding carboxylic acids is 2. The number of aromatic nitrogens is 2. The number of hydrogen-bond acceptors (Lipinski definition) is 5. The predicted molar refractivity (Wildman–Crippen MR) is 164 cm³/mol. The number of fused-ring (bicyclic) bond motifs is 1. The van der Waals surface area contributed by atoms with Gasteiger partial charge in [-0.25, -0.2) is 4.98 Å². The van der Waals surface area contributed by atoms with Gasteiger partial charge in [-0.1, -0.05) is 42.5 Å². The molecular formula is C26H32BrCl4N5O3. The van der Waals surface area contributed by atoms with Crippen LogP contribution in [0.25, 0.3) is 5.65 Å². The molecule has 4 rings (SSSR count). The van der Waals surface area contributed by atoms with Crippen LogP contribution >= 0.6 is 63.9 Å². The summed E-state index contributed by atoms with van der Waals surface area (Å²) in [6, 6.07) is 7.40. The maximum atomic E-state index is 12.8.